The third-order valence-electron chi connectivity index (χ3n) is 4.38. The van der Waals surface area contributed by atoms with E-state index >= 15 is 0 Å². The van der Waals surface area contributed by atoms with Crippen LogP contribution in [-0.2, 0) is 14.8 Å². The maximum atomic E-state index is 13.8. The highest BCUT2D eigenvalue weighted by atomic mass is 35.5. The number of sulfonamides is 1. The third-order valence-corrected chi connectivity index (χ3v) is 6.31. The number of carbonyl (C=O) groups excluding carboxylic acids is 1. The molecule has 168 valence electrons. The minimum absolute atomic E-state index is 0.0251. The van der Waals surface area contributed by atoms with E-state index in [1.54, 1.807) is 13.0 Å². The first-order chi connectivity index (χ1) is 15.2. The Morgan fingerprint density at radius 2 is 1.75 bits per heavy atom. The standard InChI is InChI=1S/C22H19Cl2FN2O4S/c1-2-20(31-21-6-4-3-5-18(21)25)22(28)26-15-8-10-16(11-9-15)32(29,30)27-19-12-7-14(23)13-17(19)24/h3-13,20,27H,2H2,1H3,(H,26,28)/t20-/m1/s1. The van der Waals surface area contributed by atoms with Gasteiger partial charge in [-0.05, 0) is 61.0 Å². The van der Waals surface area contributed by atoms with Gasteiger partial charge in [0.15, 0.2) is 17.7 Å². The fraction of sp³-hybridized carbons (Fsp3) is 0.136. The predicted molar refractivity (Wildman–Crippen MR) is 123 cm³/mol. The first kappa shape index (κ1) is 23.8. The zero-order chi connectivity index (χ0) is 23.3. The fourth-order valence-corrected chi connectivity index (χ4v) is 4.32. The quantitative estimate of drug-likeness (QED) is 0.417. The maximum Gasteiger partial charge on any atom is 0.265 e. The Hall–Kier alpha value is -2.81. The number of benzene rings is 3. The van der Waals surface area contributed by atoms with E-state index in [4.69, 9.17) is 27.9 Å². The second-order valence-corrected chi connectivity index (χ2v) is 9.21. The second kappa shape index (κ2) is 10.2. The van der Waals surface area contributed by atoms with Gasteiger partial charge in [0.1, 0.15) is 0 Å². The minimum Gasteiger partial charge on any atom is -0.478 e. The lowest BCUT2D eigenvalue weighted by Crippen LogP contribution is -2.32. The van der Waals surface area contributed by atoms with E-state index in [0.717, 1.165) is 0 Å². The average molecular weight is 497 g/mol. The molecule has 0 spiro atoms. The highest BCUT2D eigenvalue weighted by Gasteiger charge is 2.21. The van der Waals surface area contributed by atoms with E-state index in [-0.39, 0.29) is 21.4 Å². The largest absolute Gasteiger partial charge is 0.478 e. The van der Waals surface area contributed by atoms with Gasteiger partial charge in [0.25, 0.3) is 15.9 Å². The Kier molecular flexibility index (Phi) is 7.60. The summed E-state index contributed by atoms with van der Waals surface area (Å²) in [6.07, 6.45) is -0.623. The van der Waals surface area contributed by atoms with Crippen LogP contribution in [0.1, 0.15) is 13.3 Å². The number of rotatable bonds is 8. The highest BCUT2D eigenvalue weighted by Crippen LogP contribution is 2.28. The summed E-state index contributed by atoms with van der Waals surface area (Å²) in [6, 6.07) is 15.7. The number of hydrogen-bond donors (Lipinski definition) is 2. The number of ether oxygens (including phenoxy) is 1. The summed E-state index contributed by atoms with van der Waals surface area (Å²) in [5, 5.41) is 3.17. The molecule has 0 unspecified atom stereocenters. The van der Waals surface area contributed by atoms with E-state index in [1.165, 1.54) is 60.7 Å². The number of anilines is 2. The molecule has 0 saturated carbocycles. The SMILES string of the molecule is CC[C@@H](Oc1ccccc1F)C(=O)Nc1ccc(S(=O)(=O)Nc2ccc(Cl)cc2Cl)cc1. The summed E-state index contributed by atoms with van der Waals surface area (Å²) >= 11 is 11.8. The van der Waals surface area contributed by atoms with Crippen molar-refractivity contribution in [3.8, 4) is 5.75 Å². The van der Waals surface area contributed by atoms with Crippen molar-refractivity contribution in [3.63, 3.8) is 0 Å². The minimum atomic E-state index is -3.92. The van der Waals surface area contributed by atoms with Gasteiger partial charge in [-0.1, -0.05) is 42.3 Å². The van der Waals surface area contributed by atoms with Crippen molar-refractivity contribution in [2.75, 3.05) is 10.0 Å². The maximum absolute atomic E-state index is 13.8. The molecule has 0 bridgehead atoms. The van der Waals surface area contributed by atoms with Gasteiger partial charge >= 0.3 is 0 Å². The number of amides is 1. The zero-order valence-electron chi connectivity index (χ0n) is 16.8. The highest BCUT2D eigenvalue weighted by molar-refractivity contribution is 7.92. The van der Waals surface area contributed by atoms with Crippen LogP contribution in [0.4, 0.5) is 15.8 Å². The normalized spacial score (nSPS) is 12.1. The first-order valence-electron chi connectivity index (χ1n) is 9.49. The fourth-order valence-electron chi connectivity index (χ4n) is 2.73. The van der Waals surface area contributed by atoms with Gasteiger partial charge < -0.3 is 10.1 Å². The molecule has 3 rings (SSSR count). The Morgan fingerprint density at radius 1 is 1.06 bits per heavy atom. The molecule has 0 aliphatic rings. The van der Waals surface area contributed by atoms with Gasteiger partial charge in [-0.15, -0.1) is 0 Å². The zero-order valence-corrected chi connectivity index (χ0v) is 19.1. The number of nitrogens with one attached hydrogen (secondary N) is 2. The van der Waals surface area contributed by atoms with Gasteiger partial charge in [-0.25, -0.2) is 12.8 Å². The molecule has 0 heterocycles. The Bertz CT molecular complexity index is 1220. The van der Waals surface area contributed by atoms with Gasteiger partial charge in [0, 0.05) is 10.7 Å². The van der Waals surface area contributed by atoms with E-state index in [0.29, 0.717) is 17.1 Å². The summed E-state index contributed by atoms with van der Waals surface area (Å²) in [5.74, 6) is -1.08. The molecule has 0 aliphatic heterocycles. The summed E-state index contributed by atoms with van der Waals surface area (Å²) in [6.45, 7) is 1.73. The van der Waals surface area contributed by atoms with Crippen molar-refractivity contribution in [1.29, 1.82) is 0 Å². The lowest BCUT2D eigenvalue weighted by molar-refractivity contribution is -0.122. The number of para-hydroxylation sites is 1. The number of carbonyl (C=O) groups is 1. The van der Waals surface area contributed by atoms with Crippen LogP contribution in [0, 0.1) is 5.82 Å². The molecular weight excluding hydrogens is 478 g/mol. The van der Waals surface area contributed by atoms with E-state index in [9.17, 15) is 17.6 Å². The smallest absolute Gasteiger partial charge is 0.265 e. The van der Waals surface area contributed by atoms with E-state index < -0.39 is 27.9 Å². The van der Waals surface area contributed by atoms with Gasteiger partial charge in [-0.3, -0.25) is 9.52 Å². The van der Waals surface area contributed by atoms with Crippen molar-refractivity contribution in [3.05, 3.63) is 82.6 Å². The molecule has 0 aromatic heterocycles. The van der Waals surface area contributed by atoms with Crippen LogP contribution in [0.5, 0.6) is 5.75 Å². The topological polar surface area (TPSA) is 84.5 Å². The molecule has 0 radical (unpaired) electrons. The van der Waals surface area contributed by atoms with Crippen molar-refractivity contribution < 1.29 is 22.3 Å². The molecule has 1 amide bonds. The predicted octanol–water partition coefficient (Wildman–Crippen LogP) is 5.73. The second-order valence-electron chi connectivity index (χ2n) is 6.69. The average Bonchev–Trinajstić information content (AvgIpc) is 2.75. The Balaban J connectivity index is 1.69. The van der Waals surface area contributed by atoms with Crippen molar-refractivity contribution in [2.24, 2.45) is 0 Å². The lowest BCUT2D eigenvalue weighted by Gasteiger charge is -2.18. The summed E-state index contributed by atoms with van der Waals surface area (Å²) in [4.78, 5) is 12.5. The molecule has 3 aromatic carbocycles. The van der Waals surface area contributed by atoms with Crippen LogP contribution in [0.25, 0.3) is 0 Å². The molecular formula is C22H19Cl2FN2O4S. The molecule has 32 heavy (non-hydrogen) atoms. The van der Waals surface area contributed by atoms with Crippen molar-refractivity contribution in [2.45, 2.75) is 24.3 Å². The summed E-state index contributed by atoms with van der Waals surface area (Å²) in [7, 11) is -3.92. The Morgan fingerprint density at radius 3 is 2.38 bits per heavy atom. The monoisotopic (exact) mass is 496 g/mol. The molecule has 0 fully saturated rings. The van der Waals surface area contributed by atoms with Crippen molar-refractivity contribution >= 4 is 50.5 Å². The van der Waals surface area contributed by atoms with Crippen LogP contribution < -0.4 is 14.8 Å². The van der Waals surface area contributed by atoms with Crippen molar-refractivity contribution in [1.82, 2.24) is 0 Å². The van der Waals surface area contributed by atoms with Gasteiger partial charge in [-0.2, -0.15) is 0 Å². The number of halogens is 3. The van der Waals surface area contributed by atoms with E-state index in [2.05, 4.69) is 10.0 Å². The molecule has 2 N–H and O–H groups in total. The molecule has 3 aromatic rings. The molecule has 1 atom stereocenters. The molecule has 0 saturated heterocycles. The van der Waals surface area contributed by atoms with E-state index in [1.807, 2.05) is 0 Å². The number of hydrogen-bond acceptors (Lipinski definition) is 4. The van der Waals surface area contributed by atoms with Crippen LogP contribution >= 0.6 is 23.2 Å². The molecule has 6 nitrogen and oxygen atoms in total. The first-order valence-corrected chi connectivity index (χ1v) is 11.7. The summed E-state index contributed by atoms with van der Waals surface area (Å²) in [5.41, 5.74) is 0.540. The molecule has 10 heteroatoms. The third kappa shape index (κ3) is 5.91. The van der Waals surface area contributed by atoms with Crippen LogP contribution in [-0.4, -0.2) is 20.4 Å². The summed E-state index contributed by atoms with van der Waals surface area (Å²) < 4.78 is 46.9. The van der Waals surface area contributed by atoms with Gasteiger partial charge in [0.05, 0.1) is 15.6 Å². The van der Waals surface area contributed by atoms with Crippen LogP contribution in [0.15, 0.2) is 71.6 Å². The lowest BCUT2D eigenvalue weighted by atomic mass is 10.2. The van der Waals surface area contributed by atoms with Crippen LogP contribution in [0.3, 0.4) is 0 Å². The molecule has 0 aliphatic carbocycles. The Labute approximate surface area is 195 Å². The van der Waals surface area contributed by atoms with Gasteiger partial charge in [0.2, 0.25) is 0 Å². The van der Waals surface area contributed by atoms with Crippen LogP contribution in [0.2, 0.25) is 10.0 Å².